The van der Waals surface area contributed by atoms with Gasteiger partial charge in [0.15, 0.2) is 0 Å². The number of benzene rings is 1. The molecule has 7 nitrogen and oxygen atoms in total. The van der Waals surface area contributed by atoms with Crippen molar-refractivity contribution in [3.05, 3.63) is 35.6 Å². The standard InChI is InChI=1S/C11H9N5O2S/c1-18-8-4-2-7(3-5-8)13-9(17)10-15-16-6-12-14-11(16)19-10/h2-6H,1H3,(H,13,17). The Bertz CT molecular complexity index is 690. The third-order valence-corrected chi connectivity index (χ3v) is 3.34. The molecule has 0 saturated heterocycles. The number of anilines is 1. The summed E-state index contributed by atoms with van der Waals surface area (Å²) in [6, 6.07) is 7.07. The van der Waals surface area contributed by atoms with Crippen molar-refractivity contribution in [3.63, 3.8) is 0 Å². The second-order valence-electron chi connectivity index (χ2n) is 3.65. The van der Waals surface area contributed by atoms with E-state index in [4.69, 9.17) is 4.74 Å². The summed E-state index contributed by atoms with van der Waals surface area (Å²) < 4.78 is 6.51. The van der Waals surface area contributed by atoms with Crippen LogP contribution >= 0.6 is 11.3 Å². The highest BCUT2D eigenvalue weighted by Gasteiger charge is 2.13. The van der Waals surface area contributed by atoms with Crippen molar-refractivity contribution in [2.24, 2.45) is 0 Å². The summed E-state index contributed by atoms with van der Waals surface area (Å²) in [5.41, 5.74) is 0.678. The smallest absolute Gasteiger partial charge is 0.286 e. The lowest BCUT2D eigenvalue weighted by atomic mass is 10.3. The van der Waals surface area contributed by atoms with Gasteiger partial charge in [0.05, 0.1) is 7.11 Å². The van der Waals surface area contributed by atoms with Crippen molar-refractivity contribution >= 4 is 27.9 Å². The predicted molar refractivity (Wildman–Crippen MR) is 69.6 cm³/mol. The number of rotatable bonds is 3. The molecular weight excluding hydrogens is 266 g/mol. The molecule has 1 N–H and O–H groups in total. The third-order valence-electron chi connectivity index (χ3n) is 2.43. The van der Waals surface area contributed by atoms with Crippen molar-refractivity contribution in [1.29, 1.82) is 0 Å². The van der Waals surface area contributed by atoms with Gasteiger partial charge in [-0.15, -0.1) is 15.3 Å². The number of aromatic nitrogens is 4. The Morgan fingerprint density at radius 2 is 2.16 bits per heavy atom. The zero-order valence-corrected chi connectivity index (χ0v) is 10.7. The Balaban J connectivity index is 1.78. The zero-order chi connectivity index (χ0) is 13.2. The van der Waals surface area contributed by atoms with Crippen molar-refractivity contribution in [3.8, 4) is 5.75 Å². The monoisotopic (exact) mass is 275 g/mol. The molecule has 0 unspecified atom stereocenters. The highest BCUT2D eigenvalue weighted by molar-refractivity contribution is 7.18. The van der Waals surface area contributed by atoms with E-state index in [0.717, 1.165) is 5.75 Å². The molecule has 0 aliphatic rings. The van der Waals surface area contributed by atoms with E-state index in [-0.39, 0.29) is 5.91 Å². The maximum atomic E-state index is 12.0. The Hall–Kier alpha value is -2.48. The van der Waals surface area contributed by atoms with Crippen LogP contribution < -0.4 is 10.1 Å². The molecule has 0 spiro atoms. The molecule has 0 bridgehead atoms. The normalized spacial score (nSPS) is 10.6. The SMILES string of the molecule is COc1ccc(NC(=O)c2nn3cnnc3s2)cc1. The van der Waals surface area contributed by atoms with Crippen LogP contribution in [0.3, 0.4) is 0 Å². The van der Waals surface area contributed by atoms with Crippen LogP contribution in [0.15, 0.2) is 30.6 Å². The molecule has 2 aromatic heterocycles. The van der Waals surface area contributed by atoms with E-state index in [1.54, 1.807) is 31.4 Å². The van der Waals surface area contributed by atoms with Gasteiger partial charge in [-0.05, 0) is 24.3 Å². The number of amides is 1. The number of methoxy groups -OCH3 is 1. The minimum Gasteiger partial charge on any atom is -0.497 e. The van der Waals surface area contributed by atoms with Gasteiger partial charge in [-0.25, -0.2) is 0 Å². The second kappa shape index (κ2) is 4.65. The molecule has 0 fully saturated rings. The summed E-state index contributed by atoms with van der Waals surface area (Å²) in [7, 11) is 1.59. The molecule has 19 heavy (non-hydrogen) atoms. The van der Waals surface area contributed by atoms with Gasteiger partial charge in [0, 0.05) is 5.69 Å². The van der Waals surface area contributed by atoms with E-state index >= 15 is 0 Å². The molecule has 0 radical (unpaired) electrons. The Labute approximate surface area is 111 Å². The van der Waals surface area contributed by atoms with Crippen molar-refractivity contribution in [2.75, 3.05) is 12.4 Å². The predicted octanol–water partition coefficient (Wildman–Crippen LogP) is 1.45. The van der Waals surface area contributed by atoms with Crippen LogP contribution in [0.2, 0.25) is 0 Å². The minimum absolute atomic E-state index is 0.277. The lowest BCUT2D eigenvalue weighted by Crippen LogP contribution is -2.11. The fraction of sp³-hybridized carbons (Fsp3) is 0.0909. The average molecular weight is 275 g/mol. The Kier molecular flexibility index (Phi) is 2.84. The van der Waals surface area contributed by atoms with Crippen molar-refractivity contribution < 1.29 is 9.53 Å². The van der Waals surface area contributed by atoms with E-state index < -0.39 is 0 Å². The van der Waals surface area contributed by atoms with Gasteiger partial charge < -0.3 is 10.1 Å². The van der Waals surface area contributed by atoms with Crippen molar-refractivity contribution in [2.45, 2.75) is 0 Å². The van der Waals surface area contributed by atoms with Gasteiger partial charge >= 0.3 is 0 Å². The number of ether oxygens (including phenoxy) is 1. The summed E-state index contributed by atoms with van der Waals surface area (Å²) in [6.07, 6.45) is 1.45. The van der Waals surface area contributed by atoms with Crippen LogP contribution in [0, 0.1) is 0 Å². The maximum absolute atomic E-state index is 12.0. The van der Waals surface area contributed by atoms with E-state index in [9.17, 15) is 4.79 Å². The van der Waals surface area contributed by atoms with Gasteiger partial charge in [-0.1, -0.05) is 11.3 Å². The summed E-state index contributed by atoms with van der Waals surface area (Å²) in [4.78, 5) is 12.6. The molecule has 1 amide bonds. The van der Waals surface area contributed by atoms with E-state index in [0.29, 0.717) is 15.7 Å². The molecule has 0 aliphatic heterocycles. The van der Waals surface area contributed by atoms with Crippen molar-refractivity contribution in [1.82, 2.24) is 19.8 Å². The first-order valence-electron chi connectivity index (χ1n) is 5.38. The number of carbonyl (C=O) groups is 1. The van der Waals surface area contributed by atoms with Crippen LogP contribution in [-0.2, 0) is 0 Å². The zero-order valence-electron chi connectivity index (χ0n) is 9.90. The molecule has 3 aromatic rings. The molecule has 1 aromatic carbocycles. The summed E-state index contributed by atoms with van der Waals surface area (Å²) >= 11 is 1.18. The molecule has 0 aliphatic carbocycles. The van der Waals surface area contributed by atoms with Crippen LogP contribution in [-0.4, -0.2) is 32.8 Å². The lowest BCUT2D eigenvalue weighted by Gasteiger charge is -2.03. The number of nitrogens with zero attached hydrogens (tertiary/aromatic N) is 4. The average Bonchev–Trinajstić information content (AvgIpc) is 3.00. The van der Waals surface area contributed by atoms with Gasteiger partial charge in [-0.2, -0.15) is 4.52 Å². The summed E-state index contributed by atoms with van der Waals surface area (Å²) in [5, 5.41) is 14.7. The van der Waals surface area contributed by atoms with Crippen LogP contribution in [0.1, 0.15) is 9.80 Å². The van der Waals surface area contributed by atoms with Gasteiger partial charge in [-0.3, -0.25) is 4.79 Å². The molecule has 0 atom stereocenters. The van der Waals surface area contributed by atoms with E-state index in [1.165, 1.54) is 22.2 Å². The fourth-order valence-electron chi connectivity index (χ4n) is 1.51. The van der Waals surface area contributed by atoms with Gasteiger partial charge in [0.1, 0.15) is 12.1 Å². The topological polar surface area (TPSA) is 81.4 Å². The first-order valence-corrected chi connectivity index (χ1v) is 6.20. The minimum atomic E-state index is -0.277. The molecule has 2 heterocycles. The second-order valence-corrected chi connectivity index (χ2v) is 4.60. The molecular formula is C11H9N5O2S. The number of hydrogen-bond acceptors (Lipinski definition) is 6. The largest absolute Gasteiger partial charge is 0.497 e. The summed E-state index contributed by atoms with van der Waals surface area (Å²) in [6.45, 7) is 0. The Morgan fingerprint density at radius 3 is 2.84 bits per heavy atom. The highest BCUT2D eigenvalue weighted by Crippen LogP contribution is 2.17. The summed E-state index contributed by atoms with van der Waals surface area (Å²) in [5.74, 6) is 0.456. The molecule has 3 rings (SSSR count). The fourth-order valence-corrected chi connectivity index (χ4v) is 2.23. The highest BCUT2D eigenvalue weighted by atomic mass is 32.1. The molecule has 8 heteroatoms. The van der Waals surface area contributed by atoms with E-state index in [1.807, 2.05) is 0 Å². The third kappa shape index (κ3) is 2.25. The van der Waals surface area contributed by atoms with Crippen LogP contribution in [0.25, 0.3) is 4.96 Å². The van der Waals surface area contributed by atoms with Gasteiger partial charge in [0.25, 0.3) is 5.91 Å². The Morgan fingerprint density at radius 1 is 1.37 bits per heavy atom. The molecule has 0 saturated carbocycles. The first kappa shape index (κ1) is 11.6. The van der Waals surface area contributed by atoms with Crippen LogP contribution in [0.5, 0.6) is 5.75 Å². The lowest BCUT2D eigenvalue weighted by molar-refractivity contribution is 0.102. The van der Waals surface area contributed by atoms with Gasteiger partial charge in [0.2, 0.25) is 9.97 Å². The number of hydrogen-bond donors (Lipinski definition) is 1. The van der Waals surface area contributed by atoms with E-state index in [2.05, 4.69) is 20.6 Å². The maximum Gasteiger partial charge on any atom is 0.286 e. The first-order chi connectivity index (χ1) is 9.26. The van der Waals surface area contributed by atoms with Crippen LogP contribution in [0.4, 0.5) is 5.69 Å². The number of nitrogens with one attached hydrogen (secondary N) is 1. The molecule has 96 valence electrons. The number of carbonyl (C=O) groups excluding carboxylic acids is 1. The number of fused-ring (bicyclic) bond motifs is 1. The quantitative estimate of drug-likeness (QED) is 0.782.